The number of amides is 2. The Kier molecular flexibility index (Phi) is 7.17. The van der Waals surface area contributed by atoms with Gasteiger partial charge in [-0.15, -0.1) is 0 Å². The van der Waals surface area contributed by atoms with Gasteiger partial charge in [0.25, 0.3) is 5.91 Å². The number of carbonyl (C=O) groups excluding carboxylic acids is 3. The minimum Gasteiger partial charge on any atom is -0.452 e. The van der Waals surface area contributed by atoms with E-state index in [1.165, 1.54) is 16.4 Å². The molecule has 1 saturated heterocycles. The van der Waals surface area contributed by atoms with Crippen molar-refractivity contribution < 1.29 is 32.3 Å². The Hall–Kier alpha value is -2.17. The molecule has 148 valence electrons. The number of imide groups is 1. The zero-order valence-corrected chi connectivity index (χ0v) is 16.1. The number of ether oxygens (including phenoxy) is 2. The van der Waals surface area contributed by atoms with E-state index in [0.29, 0.717) is 13.1 Å². The maximum atomic E-state index is 12.6. The number of carbonyl (C=O) groups is 3. The summed E-state index contributed by atoms with van der Waals surface area (Å²) in [5.41, 5.74) is -0.194. The molecule has 1 aromatic carbocycles. The smallest absolute Gasteiger partial charge is 0.413 e. The second-order valence-electron chi connectivity index (χ2n) is 5.60. The Bertz CT molecular complexity index is 835. The van der Waals surface area contributed by atoms with Crippen LogP contribution >= 0.6 is 11.6 Å². The third-order valence-electron chi connectivity index (χ3n) is 3.71. The van der Waals surface area contributed by atoms with E-state index in [1.54, 1.807) is 6.92 Å². The van der Waals surface area contributed by atoms with E-state index in [-0.39, 0.29) is 22.1 Å². The van der Waals surface area contributed by atoms with Crippen LogP contribution < -0.4 is 5.32 Å². The summed E-state index contributed by atoms with van der Waals surface area (Å²) in [7, 11) is -3.74. The molecule has 0 radical (unpaired) electrons. The van der Waals surface area contributed by atoms with Crippen LogP contribution in [0.3, 0.4) is 0 Å². The van der Waals surface area contributed by atoms with Crippen molar-refractivity contribution in [2.24, 2.45) is 0 Å². The zero-order chi connectivity index (χ0) is 20.0. The molecule has 0 aromatic heterocycles. The van der Waals surface area contributed by atoms with Crippen LogP contribution in [0.4, 0.5) is 4.79 Å². The average Bonchev–Trinajstić information content (AvgIpc) is 3.15. The highest BCUT2D eigenvalue weighted by atomic mass is 35.5. The van der Waals surface area contributed by atoms with E-state index in [1.807, 2.05) is 5.32 Å². The van der Waals surface area contributed by atoms with Crippen molar-refractivity contribution in [1.82, 2.24) is 9.62 Å². The molecule has 2 rings (SSSR count). The van der Waals surface area contributed by atoms with E-state index >= 15 is 0 Å². The summed E-state index contributed by atoms with van der Waals surface area (Å²) in [4.78, 5) is 34.7. The minimum atomic E-state index is -3.74. The number of sulfonamides is 1. The van der Waals surface area contributed by atoms with Gasteiger partial charge in [0.15, 0.2) is 6.61 Å². The van der Waals surface area contributed by atoms with Crippen LogP contribution in [0.15, 0.2) is 23.1 Å². The van der Waals surface area contributed by atoms with Gasteiger partial charge in [-0.05, 0) is 38.0 Å². The Morgan fingerprint density at radius 2 is 1.85 bits per heavy atom. The Morgan fingerprint density at radius 3 is 2.48 bits per heavy atom. The summed E-state index contributed by atoms with van der Waals surface area (Å²) in [6.45, 7) is 1.72. The van der Waals surface area contributed by atoms with Crippen molar-refractivity contribution in [2.45, 2.75) is 24.7 Å². The Morgan fingerprint density at radius 1 is 1.19 bits per heavy atom. The van der Waals surface area contributed by atoms with E-state index in [2.05, 4.69) is 4.74 Å². The normalized spacial score (nSPS) is 14.6. The first-order chi connectivity index (χ1) is 12.8. The van der Waals surface area contributed by atoms with Gasteiger partial charge in [-0.25, -0.2) is 18.0 Å². The molecule has 1 aliphatic heterocycles. The van der Waals surface area contributed by atoms with Crippen LogP contribution in [-0.2, 0) is 24.3 Å². The number of esters is 1. The number of nitrogens with one attached hydrogen (secondary N) is 1. The van der Waals surface area contributed by atoms with Gasteiger partial charge < -0.3 is 9.47 Å². The molecule has 0 unspecified atom stereocenters. The first-order valence-electron chi connectivity index (χ1n) is 8.19. The van der Waals surface area contributed by atoms with Gasteiger partial charge in [0.2, 0.25) is 10.0 Å². The lowest BCUT2D eigenvalue weighted by molar-refractivity contribution is -0.123. The molecule has 1 aliphatic rings. The van der Waals surface area contributed by atoms with Gasteiger partial charge in [-0.1, -0.05) is 11.6 Å². The lowest BCUT2D eigenvalue weighted by Crippen LogP contribution is -2.34. The fourth-order valence-corrected chi connectivity index (χ4v) is 4.16. The molecule has 1 N–H and O–H groups in total. The van der Waals surface area contributed by atoms with E-state index in [9.17, 15) is 22.8 Å². The fraction of sp³-hybridized carbons (Fsp3) is 0.438. The molecule has 0 spiro atoms. The van der Waals surface area contributed by atoms with E-state index < -0.39 is 34.6 Å². The lowest BCUT2D eigenvalue weighted by atomic mass is 10.2. The van der Waals surface area contributed by atoms with E-state index in [0.717, 1.165) is 18.9 Å². The standard InChI is InChI=1S/C16H19ClN2O7S/c1-2-25-16(22)18-14(20)10-26-15(21)12-9-11(5-6-13(12)17)27(23,24)19-7-3-4-8-19/h5-6,9H,2-4,7-8,10H2,1H3,(H,18,20,22). The van der Waals surface area contributed by atoms with Gasteiger partial charge in [0, 0.05) is 13.1 Å². The molecular formula is C16H19ClN2O7S. The molecule has 1 fully saturated rings. The maximum Gasteiger partial charge on any atom is 0.413 e. The number of hydrogen-bond acceptors (Lipinski definition) is 7. The van der Waals surface area contributed by atoms with Gasteiger partial charge >= 0.3 is 12.1 Å². The summed E-state index contributed by atoms with van der Waals surface area (Å²) in [6, 6.07) is 3.70. The highest BCUT2D eigenvalue weighted by molar-refractivity contribution is 7.89. The summed E-state index contributed by atoms with van der Waals surface area (Å²) in [5, 5.41) is 1.84. The van der Waals surface area contributed by atoms with Crippen molar-refractivity contribution in [3.63, 3.8) is 0 Å². The van der Waals surface area contributed by atoms with Crippen molar-refractivity contribution in [3.8, 4) is 0 Å². The lowest BCUT2D eigenvalue weighted by Gasteiger charge is -2.16. The van der Waals surface area contributed by atoms with Crippen molar-refractivity contribution >= 4 is 39.6 Å². The molecule has 0 saturated carbocycles. The van der Waals surface area contributed by atoms with Crippen molar-refractivity contribution in [3.05, 3.63) is 28.8 Å². The number of rotatable bonds is 6. The van der Waals surface area contributed by atoms with Crippen LogP contribution in [0.5, 0.6) is 0 Å². The molecule has 11 heteroatoms. The highest BCUT2D eigenvalue weighted by Crippen LogP contribution is 2.25. The first kappa shape index (κ1) is 21.1. The topological polar surface area (TPSA) is 119 Å². The maximum absolute atomic E-state index is 12.6. The summed E-state index contributed by atoms with van der Waals surface area (Å²) < 4.78 is 35.8. The van der Waals surface area contributed by atoms with Crippen LogP contribution in [0.25, 0.3) is 0 Å². The quantitative estimate of drug-likeness (QED) is 0.696. The second-order valence-corrected chi connectivity index (χ2v) is 7.94. The molecule has 1 heterocycles. The van der Waals surface area contributed by atoms with Gasteiger partial charge in [-0.2, -0.15) is 4.31 Å². The number of nitrogens with zero attached hydrogens (tertiary/aromatic N) is 1. The summed E-state index contributed by atoms with van der Waals surface area (Å²) in [5.74, 6) is -1.88. The number of halogens is 1. The van der Waals surface area contributed by atoms with Crippen LogP contribution in [0.2, 0.25) is 5.02 Å². The Labute approximate surface area is 161 Å². The monoisotopic (exact) mass is 418 g/mol. The van der Waals surface area contributed by atoms with Crippen LogP contribution in [-0.4, -0.2) is 57.0 Å². The molecule has 27 heavy (non-hydrogen) atoms. The Balaban J connectivity index is 2.08. The summed E-state index contributed by atoms with van der Waals surface area (Å²) >= 11 is 5.96. The van der Waals surface area contributed by atoms with Gasteiger partial charge in [0.1, 0.15) is 0 Å². The molecule has 0 aliphatic carbocycles. The molecule has 0 bridgehead atoms. The third-order valence-corrected chi connectivity index (χ3v) is 5.94. The highest BCUT2D eigenvalue weighted by Gasteiger charge is 2.28. The molecule has 0 atom stereocenters. The first-order valence-corrected chi connectivity index (χ1v) is 10.0. The predicted molar refractivity (Wildman–Crippen MR) is 94.9 cm³/mol. The predicted octanol–water partition coefficient (Wildman–Crippen LogP) is 1.55. The van der Waals surface area contributed by atoms with Gasteiger partial charge in [0.05, 0.1) is 22.1 Å². The third kappa shape index (κ3) is 5.41. The fourth-order valence-electron chi connectivity index (χ4n) is 2.42. The number of alkyl carbamates (subject to hydrolysis) is 1. The molecule has 1 aromatic rings. The largest absolute Gasteiger partial charge is 0.452 e. The van der Waals surface area contributed by atoms with Crippen molar-refractivity contribution in [2.75, 3.05) is 26.3 Å². The van der Waals surface area contributed by atoms with Gasteiger partial charge in [-0.3, -0.25) is 10.1 Å². The zero-order valence-electron chi connectivity index (χ0n) is 14.6. The molecule has 9 nitrogen and oxygen atoms in total. The van der Waals surface area contributed by atoms with Crippen LogP contribution in [0, 0.1) is 0 Å². The average molecular weight is 419 g/mol. The SMILES string of the molecule is CCOC(=O)NC(=O)COC(=O)c1cc(S(=O)(=O)N2CCCC2)ccc1Cl. The summed E-state index contributed by atoms with van der Waals surface area (Å²) in [6.07, 6.45) is 0.587. The van der Waals surface area contributed by atoms with Crippen molar-refractivity contribution in [1.29, 1.82) is 0 Å². The minimum absolute atomic E-state index is 0.0221. The molecular weight excluding hydrogens is 400 g/mol. The number of benzene rings is 1. The number of hydrogen-bond donors (Lipinski definition) is 1. The molecule has 2 amide bonds. The van der Waals surface area contributed by atoms with E-state index in [4.69, 9.17) is 16.3 Å². The van der Waals surface area contributed by atoms with Crippen LogP contribution in [0.1, 0.15) is 30.1 Å². The second kappa shape index (κ2) is 9.16.